The summed E-state index contributed by atoms with van der Waals surface area (Å²) >= 11 is 3.51. The van der Waals surface area contributed by atoms with Gasteiger partial charge in [-0.3, -0.25) is 4.79 Å². The summed E-state index contributed by atoms with van der Waals surface area (Å²) in [5.41, 5.74) is 3.37. The van der Waals surface area contributed by atoms with Gasteiger partial charge in [0.05, 0.1) is 29.9 Å². The van der Waals surface area contributed by atoms with Gasteiger partial charge in [-0.15, -0.1) is 0 Å². The standard InChI is InChI=1S/C28H23BrF3N3O3/c1-37-25-13-18(15-34-35-26(36)16-33-22-10-5-9-21(14-22)28(30,31)32)12-24(29)27(25)38-17-20-8-4-7-19-6-2-3-11-23(19)20/h2-15,33H,16-17H2,1H3,(H,35,36)/b34-15-. The van der Waals surface area contributed by atoms with E-state index in [1.165, 1.54) is 25.5 Å². The number of hydrogen-bond donors (Lipinski definition) is 2. The van der Waals surface area contributed by atoms with Gasteiger partial charge in [-0.2, -0.15) is 18.3 Å². The number of hydrogen-bond acceptors (Lipinski definition) is 5. The molecule has 0 fully saturated rings. The number of methoxy groups -OCH3 is 1. The van der Waals surface area contributed by atoms with E-state index < -0.39 is 17.6 Å². The number of fused-ring (bicyclic) bond motifs is 1. The molecule has 0 saturated heterocycles. The van der Waals surface area contributed by atoms with Crippen LogP contribution in [-0.4, -0.2) is 25.8 Å². The fraction of sp³-hybridized carbons (Fsp3) is 0.143. The van der Waals surface area contributed by atoms with Gasteiger partial charge in [-0.05, 0) is 68.2 Å². The van der Waals surface area contributed by atoms with Crippen LogP contribution in [0.2, 0.25) is 0 Å². The summed E-state index contributed by atoms with van der Waals surface area (Å²) in [6.07, 6.45) is -3.04. The minimum absolute atomic E-state index is 0.173. The van der Waals surface area contributed by atoms with Crippen molar-refractivity contribution in [2.75, 3.05) is 19.0 Å². The Bertz CT molecular complexity index is 1470. The third-order valence-corrected chi connectivity index (χ3v) is 6.14. The lowest BCUT2D eigenvalue weighted by molar-refractivity contribution is -0.137. The Balaban J connectivity index is 1.36. The van der Waals surface area contributed by atoms with Gasteiger partial charge in [0, 0.05) is 5.69 Å². The number of nitrogens with one attached hydrogen (secondary N) is 2. The van der Waals surface area contributed by atoms with E-state index >= 15 is 0 Å². The molecule has 0 atom stereocenters. The van der Waals surface area contributed by atoms with Gasteiger partial charge in [0.2, 0.25) is 0 Å². The van der Waals surface area contributed by atoms with Crippen molar-refractivity contribution in [3.63, 3.8) is 0 Å². The monoisotopic (exact) mass is 585 g/mol. The van der Waals surface area contributed by atoms with Crippen LogP contribution in [0.15, 0.2) is 88.4 Å². The largest absolute Gasteiger partial charge is 0.493 e. The van der Waals surface area contributed by atoms with Crippen molar-refractivity contribution in [3.8, 4) is 11.5 Å². The minimum Gasteiger partial charge on any atom is -0.493 e. The highest BCUT2D eigenvalue weighted by molar-refractivity contribution is 9.10. The zero-order chi connectivity index (χ0) is 27.1. The van der Waals surface area contributed by atoms with Gasteiger partial charge >= 0.3 is 6.18 Å². The van der Waals surface area contributed by atoms with Crippen LogP contribution >= 0.6 is 15.9 Å². The van der Waals surface area contributed by atoms with Crippen LogP contribution < -0.4 is 20.2 Å². The Labute approximate surface area is 225 Å². The van der Waals surface area contributed by atoms with Crippen LogP contribution in [-0.2, 0) is 17.6 Å². The highest BCUT2D eigenvalue weighted by Crippen LogP contribution is 2.37. The molecule has 2 N–H and O–H groups in total. The first-order valence-corrected chi connectivity index (χ1v) is 12.2. The molecule has 0 spiro atoms. The second kappa shape index (κ2) is 12.0. The summed E-state index contributed by atoms with van der Waals surface area (Å²) in [7, 11) is 1.52. The number of carbonyl (C=O) groups excluding carboxylic acids is 1. The number of hydrazone groups is 1. The van der Waals surface area contributed by atoms with Gasteiger partial charge < -0.3 is 14.8 Å². The van der Waals surface area contributed by atoms with E-state index in [9.17, 15) is 18.0 Å². The maximum Gasteiger partial charge on any atom is 0.416 e. The van der Waals surface area contributed by atoms with Gasteiger partial charge in [-0.25, -0.2) is 5.43 Å². The number of rotatable bonds is 9. The summed E-state index contributed by atoms with van der Waals surface area (Å²) in [6, 6.07) is 22.2. The second-order valence-corrected chi connectivity index (χ2v) is 9.04. The fourth-order valence-electron chi connectivity index (χ4n) is 3.73. The first kappa shape index (κ1) is 27.0. The maximum absolute atomic E-state index is 12.8. The van der Waals surface area contributed by atoms with Crippen LogP contribution in [0.5, 0.6) is 11.5 Å². The molecule has 6 nitrogen and oxygen atoms in total. The van der Waals surface area contributed by atoms with Crippen molar-refractivity contribution in [3.05, 3.63) is 100 Å². The number of nitrogens with zero attached hydrogens (tertiary/aromatic N) is 1. The van der Waals surface area contributed by atoms with E-state index in [0.717, 1.165) is 28.5 Å². The predicted octanol–water partition coefficient (Wildman–Crippen LogP) is 6.77. The Morgan fingerprint density at radius 3 is 2.58 bits per heavy atom. The zero-order valence-electron chi connectivity index (χ0n) is 20.2. The van der Waals surface area contributed by atoms with Crippen LogP contribution in [0.25, 0.3) is 10.8 Å². The second-order valence-electron chi connectivity index (χ2n) is 8.19. The Kier molecular flexibility index (Phi) is 8.52. The summed E-state index contributed by atoms with van der Waals surface area (Å²) in [6.45, 7) is 0.0747. The van der Waals surface area contributed by atoms with E-state index in [2.05, 4.69) is 31.8 Å². The molecule has 38 heavy (non-hydrogen) atoms. The third kappa shape index (κ3) is 6.83. The molecular weight excluding hydrogens is 563 g/mol. The molecule has 0 heterocycles. The van der Waals surface area contributed by atoms with E-state index in [1.807, 2.05) is 42.5 Å². The Morgan fingerprint density at radius 1 is 1.03 bits per heavy atom. The van der Waals surface area contributed by atoms with Crippen molar-refractivity contribution in [1.82, 2.24) is 5.43 Å². The number of benzene rings is 4. The van der Waals surface area contributed by atoms with Crippen molar-refractivity contribution in [2.45, 2.75) is 12.8 Å². The molecule has 0 bridgehead atoms. The van der Waals surface area contributed by atoms with Gasteiger partial charge in [0.1, 0.15) is 6.61 Å². The lowest BCUT2D eigenvalue weighted by Gasteiger charge is -2.14. The molecule has 0 aliphatic heterocycles. The predicted molar refractivity (Wildman–Crippen MR) is 145 cm³/mol. The highest BCUT2D eigenvalue weighted by atomic mass is 79.9. The van der Waals surface area contributed by atoms with Crippen molar-refractivity contribution in [2.24, 2.45) is 5.10 Å². The smallest absolute Gasteiger partial charge is 0.416 e. The van der Waals surface area contributed by atoms with Crippen molar-refractivity contribution >= 4 is 44.5 Å². The molecule has 0 unspecified atom stereocenters. The topological polar surface area (TPSA) is 72.0 Å². The summed E-state index contributed by atoms with van der Waals surface area (Å²) in [5.74, 6) is 0.463. The van der Waals surface area contributed by atoms with E-state index in [0.29, 0.717) is 28.1 Å². The molecule has 10 heteroatoms. The normalized spacial score (nSPS) is 11.5. The maximum atomic E-state index is 12.8. The number of ether oxygens (including phenoxy) is 2. The average Bonchev–Trinajstić information content (AvgIpc) is 2.90. The number of alkyl halides is 3. The number of carbonyl (C=O) groups is 1. The number of halogens is 4. The molecule has 4 aromatic rings. The van der Waals surface area contributed by atoms with Crippen molar-refractivity contribution < 1.29 is 27.4 Å². The first-order chi connectivity index (χ1) is 18.2. The Morgan fingerprint density at radius 2 is 1.79 bits per heavy atom. The SMILES string of the molecule is COc1cc(/C=N\NC(=O)CNc2cccc(C(F)(F)F)c2)cc(Br)c1OCc1cccc2ccccc12. The molecule has 0 aliphatic rings. The zero-order valence-corrected chi connectivity index (χ0v) is 21.8. The van der Waals surface area contributed by atoms with E-state index in [4.69, 9.17) is 9.47 Å². The number of anilines is 1. The molecule has 1 amide bonds. The molecule has 196 valence electrons. The molecular formula is C28H23BrF3N3O3. The summed E-state index contributed by atoms with van der Waals surface area (Å²) in [4.78, 5) is 12.1. The number of amides is 1. The van der Waals surface area contributed by atoms with Crippen molar-refractivity contribution in [1.29, 1.82) is 0 Å². The molecule has 4 aromatic carbocycles. The Hall–Kier alpha value is -4.05. The van der Waals surface area contributed by atoms with Gasteiger partial charge in [0.25, 0.3) is 5.91 Å². The molecule has 0 radical (unpaired) electrons. The fourth-order valence-corrected chi connectivity index (χ4v) is 4.30. The summed E-state index contributed by atoms with van der Waals surface area (Å²) in [5, 5.41) is 8.80. The highest BCUT2D eigenvalue weighted by Gasteiger charge is 2.30. The van der Waals surface area contributed by atoms with E-state index in [1.54, 1.807) is 12.1 Å². The van der Waals surface area contributed by atoms with Gasteiger partial charge in [0.15, 0.2) is 11.5 Å². The lowest BCUT2D eigenvalue weighted by Crippen LogP contribution is -2.26. The minimum atomic E-state index is -4.46. The molecule has 0 saturated carbocycles. The quantitative estimate of drug-likeness (QED) is 0.168. The third-order valence-electron chi connectivity index (χ3n) is 5.55. The first-order valence-electron chi connectivity index (χ1n) is 11.4. The lowest BCUT2D eigenvalue weighted by atomic mass is 10.1. The van der Waals surface area contributed by atoms with Gasteiger partial charge in [-0.1, -0.05) is 48.5 Å². The van der Waals surface area contributed by atoms with Crippen LogP contribution in [0, 0.1) is 0 Å². The molecule has 0 aliphatic carbocycles. The average molecular weight is 586 g/mol. The van der Waals surface area contributed by atoms with Crippen LogP contribution in [0.3, 0.4) is 0 Å². The molecule has 4 rings (SSSR count). The summed E-state index contributed by atoms with van der Waals surface area (Å²) < 4.78 is 50.7. The molecule has 0 aromatic heterocycles. The van der Waals surface area contributed by atoms with Crippen LogP contribution in [0.1, 0.15) is 16.7 Å². The van der Waals surface area contributed by atoms with Crippen LogP contribution in [0.4, 0.5) is 18.9 Å². The van der Waals surface area contributed by atoms with E-state index in [-0.39, 0.29) is 12.2 Å².